The van der Waals surface area contributed by atoms with Gasteiger partial charge in [-0.25, -0.2) is 0 Å². The van der Waals surface area contributed by atoms with Gasteiger partial charge in [0.1, 0.15) is 11.5 Å². The molecule has 0 saturated heterocycles. The molecule has 3 N–H and O–H groups in total. The van der Waals surface area contributed by atoms with Gasteiger partial charge in [-0.3, -0.25) is 0 Å². The average Bonchev–Trinajstić information content (AvgIpc) is 2.41. The Kier molecular flexibility index (Phi) is 4.53. The molecule has 1 unspecified atom stereocenters. The summed E-state index contributed by atoms with van der Waals surface area (Å²) in [7, 11) is 0. The maximum atomic E-state index is 9.86. The molecule has 0 fully saturated rings. The van der Waals surface area contributed by atoms with E-state index in [0.29, 0.717) is 10.6 Å². The number of hydrogen-bond donors (Lipinski definition) is 3. The van der Waals surface area contributed by atoms with Gasteiger partial charge in [0.15, 0.2) is 0 Å². The molecule has 0 aliphatic rings. The van der Waals surface area contributed by atoms with Crippen molar-refractivity contribution in [2.75, 3.05) is 0 Å². The topological polar surface area (TPSA) is 52.5 Å². The molecule has 0 aromatic heterocycles. The third kappa shape index (κ3) is 3.44. The molecule has 20 heavy (non-hydrogen) atoms. The zero-order valence-electron chi connectivity index (χ0n) is 11.5. The van der Waals surface area contributed by atoms with Gasteiger partial charge in [-0.2, -0.15) is 0 Å². The van der Waals surface area contributed by atoms with Gasteiger partial charge < -0.3 is 15.5 Å². The average molecular weight is 292 g/mol. The predicted molar refractivity (Wildman–Crippen MR) is 81.2 cm³/mol. The molecular formula is C16H18ClNO2. The molecule has 0 amide bonds. The molecule has 2 rings (SSSR count). The summed E-state index contributed by atoms with van der Waals surface area (Å²) in [4.78, 5) is 0. The summed E-state index contributed by atoms with van der Waals surface area (Å²) in [6, 6.07) is 12.2. The molecule has 0 aliphatic carbocycles. The second kappa shape index (κ2) is 6.16. The van der Waals surface area contributed by atoms with Gasteiger partial charge in [-0.15, -0.1) is 0 Å². The standard InChI is InChI=1S/C16H18ClNO2/c1-10(12-4-3-5-13(17)8-12)18-11(2)15-9-14(19)6-7-16(15)20/h3-11,18-20H,1-2H3/t10-,11?/m1/s1. The van der Waals surface area contributed by atoms with Crippen LogP contribution in [0.4, 0.5) is 0 Å². The number of rotatable bonds is 4. The maximum Gasteiger partial charge on any atom is 0.120 e. The molecule has 0 spiro atoms. The monoisotopic (exact) mass is 291 g/mol. The zero-order chi connectivity index (χ0) is 14.7. The smallest absolute Gasteiger partial charge is 0.120 e. The van der Waals surface area contributed by atoms with E-state index in [2.05, 4.69) is 5.32 Å². The second-order valence-corrected chi connectivity index (χ2v) is 5.34. The van der Waals surface area contributed by atoms with Gasteiger partial charge in [-0.05, 0) is 49.7 Å². The minimum Gasteiger partial charge on any atom is -0.508 e. The van der Waals surface area contributed by atoms with Crippen LogP contribution < -0.4 is 5.32 Å². The Morgan fingerprint density at radius 1 is 1.00 bits per heavy atom. The summed E-state index contributed by atoms with van der Waals surface area (Å²) in [5.41, 5.74) is 1.74. The number of aromatic hydroxyl groups is 2. The Labute approximate surface area is 123 Å². The predicted octanol–water partition coefficient (Wildman–Crippen LogP) is 4.16. The summed E-state index contributed by atoms with van der Waals surface area (Å²) < 4.78 is 0. The first-order valence-electron chi connectivity index (χ1n) is 6.50. The Bertz CT molecular complexity index is 601. The SMILES string of the molecule is CC(N[C@H](C)c1cccc(Cl)c1)c1cc(O)ccc1O. The van der Waals surface area contributed by atoms with Crippen LogP contribution in [0.5, 0.6) is 11.5 Å². The quantitative estimate of drug-likeness (QED) is 0.741. The fourth-order valence-electron chi connectivity index (χ4n) is 2.23. The van der Waals surface area contributed by atoms with E-state index in [0.717, 1.165) is 5.56 Å². The summed E-state index contributed by atoms with van der Waals surface area (Å²) in [5.74, 6) is 0.308. The zero-order valence-corrected chi connectivity index (χ0v) is 12.2. The van der Waals surface area contributed by atoms with Crippen LogP contribution in [0.3, 0.4) is 0 Å². The van der Waals surface area contributed by atoms with E-state index >= 15 is 0 Å². The minimum atomic E-state index is -0.101. The van der Waals surface area contributed by atoms with Crippen LogP contribution in [-0.4, -0.2) is 10.2 Å². The van der Waals surface area contributed by atoms with Gasteiger partial charge in [0.05, 0.1) is 0 Å². The largest absolute Gasteiger partial charge is 0.508 e. The number of halogens is 1. The van der Waals surface area contributed by atoms with Crippen LogP contribution in [0.2, 0.25) is 5.02 Å². The van der Waals surface area contributed by atoms with E-state index in [1.165, 1.54) is 12.1 Å². The van der Waals surface area contributed by atoms with Crippen LogP contribution in [0.25, 0.3) is 0 Å². The van der Waals surface area contributed by atoms with Crippen molar-refractivity contribution in [3.05, 3.63) is 58.6 Å². The fraction of sp³-hybridized carbons (Fsp3) is 0.250. The molecular weight excluding hydrogens is 274 g/mol. The van der Waals surface area contributed by atoms with Crippen molar-refractivity contribution < 1.29 is 10.2 Å². The number of phenolic OH excluding ortho intramolecular Hbond substituents is 2. The van der Waals surface area contributed by atoms with Gasteiger partial charge in [-0.1, -0.05) is 23.7 Å². The highest BCUT2D eigenvalue weighted by molar-refractivity contribution is 6.30. The van der Waals surface area contributed by atoms with Crippen molar-refractivity contribution in [2.45, 2.75) is 25.9 Å². The molecule has 2 aromatic carbocycles. The van der Waals surface area contributed by atoms with Crippen molar-refractivity contribution in [1.82, 2.24) is 5.32 Å². The molecule has 0 saturated carbocycles. The first kappa shape index (κ1) is 14.7. The van der Waals surface area contributed by atoms with Crippen molar-refractivity contribution in [2.24, 2.45) is 0 Å². The first-order valence-corrected chi connectivity index (χ1v) is 6.88. The van der Waals surface area contributed by atoms with Gasteiger partial charge in [0.25, 0.3) is 0 Å². The van der Waals surface area contributed by atoms with Crippen LogP contribution in [0, 0.1) is 0 Å². The lowest BCUT2D eigenvalue weighted by Crippen LogP contribution is -2.22. The van der Waals surface area contributed by atoms with Crippen molar-refractivity contribution in [1.29, 1.82) is 0 Å². The molecule has 2 aromatic rings. The van der Waals surface area contributed by atoms with E-state index in [1.807, 2.05) is 38.1 Å². The van der Waals surface area contributed by atoms with Crippen molar-refractivity contribution >= 4 is 11.6 Å². The summed E-state index contributed by atoms with van der Waals surface area (Å²) in [6.45, 7) is 3.97. The lowest BCUT2D eigenvalue weighted by atomic mass is 10.0. The molecule has 0 bridgehead atoms. The number of hydrogen-bond acceptors (Lipinski definition) is 3. The number of nitrogens with one attached hydrogen (secondary N) is 1. The lowest BCUT2D eigenvalue weighted by molar-refractivity contribution is 0.429. The first-order chi connectivity index (χ1) is 9.47. The van der Waals surface area contributed by atoms with E-state index in [1.54, 1.807) is 6.07 Å². The van der Waals surface area contributed by atoms with Gasteiger partial charge >= 0.3 is 0 Å². The van der Waals surface area contributed by atoms with E-state index in [4.69, 9.17) is 11.6 Å². The van der Waals surface area contributed by atoms with E-state index in [-0.39, 0.29) is 23.6 Å². The Hall–Kier alpha value is -1.71. The summed E-state index contributed by atoms with van der Waals surface area (Å²) >= 11 is 5.99. The van der Waals surface area contributed by atoms with Crippen LogP contribution in [0.15, 0.2) is 42.5 Å². The second-order valence-electron chi connectivity index (χ2n) is 4.91. The summed E-state index contributed by atoms with van der Waals surface area (Å²) in [5, 5.41) is 23.5. The van der Waals surface area contributed by atoms with Crippen LogP contribution in [0.1, 0.15) is 37.1 Å². The van der Waals surface area contributed by atoms with E-state index < -0.39 is 0 Å². The Morgan fingerprint density at radius 3 is 2.45 bits per heavy atom. The van der Waals surface area contributed by atoms with Crippen molar-refractivity contribution in [3.63, 3.8) is 0 Å². The van der Waals surface area contributed by atoms with Crippen molar-refractivity contribution in [3.8, 4) is 11.5 Å². The molecule has 3 nitrogen and oxygen atoms in total. The normalized spacial score (nSPS) is 13.9. The molecule has 0 heterocycles. The minimum absolute atomic E-state index is 0.0745. The third-order valence-electron chi connectivity index (χ3n) is 3.33. The van der Waals surface area contributed by atoms with Crippen LogP contribution >= 0.6 is 11.6 Å². The fourth-order valence-corrected chi connectivity index (χ4v) is 2.42. The third-order valence-corrected chi connectivity index (χ3v) is 3.56. The highest BCUT2D eigenvalue weighted by Gasteiger charge is 2.15. The molecule has 2 atom stereocenters. The molecule has 106 valence electrons. The van der Waals surface area contributed by atoms with Crippen LogP contribution in [-0.2, 0) is 0 Å². The Morgan fingerprint density at radius 2 is 1.75 bits per heavy atom. The highest BCUT2D eigenvalue weighted by atomic mass is 35.5. The molecule has 0 radical (unpaired) electrons. The number of benzene rings is 2. The summed E-state index contributed by atoms with van der Waals surface area (Å²) in [6.07, 6.45) is 0. The highest BCUT2D eigenvalue weighted by Crippen LogP contribution is 2.29. The van der Waals surface area contributed by atoms with E-state index in [9.17, 15) is 10.2 Å². The molecule has 0 aliphatic heterocycles. The Balaban J connectivity index is 2.15. The maximum absolute atomic E-state index is 9.86. The lowest BCUT2D eigenvalue weighted by Gasteiger charge is -2.21. The number of phenols is 2. The van der Waals surface area contributed by atoms with Gasteiger partial charge in [0.2, 0.25) is 0 Å². The van der Waals surface area contributed by atoms with Gasteiger partial charge in [0, 0.05) is 22.7 Å². The molecule has 4 heteroatoms.